The third-order valence-corrected chi connectivity index (χ3v) is 3.79. The van der Waals surface area contributed by atoms with Gasteiger partial charge in [-0.1, -0.05) is 28.1 Å². The standard InChI is InChI=1S/C15H16BrN5/c1-10-13(8-20(2)18-10)15-14(17)9-21(19-15)7-11-4-3-5-12(16)6-11/h3-6,8-9H,7,17H2,1-2H3. The van der Waals surface area contributed by atoms with E-state index in [-0.39, 0.29) is 0 Å². The van der Waals surface area contributed by atoms with Crippen molar-refractivity contribution in [2.45, 2.75) is 13.5 Å². The van der Waals surface area contributed by atoms with Crippen LogP contribution in [0.4, 0.5) is 5.69 Å². The number of nitrogens with two attached hydrogens (primary N) is 1. The molecular formula is C15H16BrN5. The fourth-order valence-corrected chi connectivity index (χ4v) is 2.83. The molecule has 2 aromatic heterocycles. The van der Waals surface area contributed by atoms with Gasteiger partial charge in [-0.15, -0.1) is 0 Å². The highest BCUT2D eigenvalue weighted by Gasteiger charge is 2.13. The molecule has 3 aromatic rings. The van der Waals surface area contributed by atoms with E-state index in [1.807, 2.05) is 43.2 Å². The molecule has 5 nitrogen and oxygen atoms in total. The monoisotopic (exact) mass is 345 g/mol. The molecule has 0 saturated carbocycles. The summed E-state index contributed by atoms with van der Waals surface area (Å²) in [5.41, 5.74) is 10.6. The van der Waals surface area contributed by atoms with E-state index in [1.54, 1.807) is 4.68 Å². The van der Waals surface area contributed by atoms with Crippen LogP contribution in [-0.4, -0.2) is 19.6 Å². The lowest BCUT2D eigenvalue weighted by molar-refractivity contribution is 0.689. The molecule has 6 heteroatoms. The maximum atomic E-state index is 6.11. The van der Waals surface area contributed by atoms with Gasteiger partial charge >= 0.3 is 0 Å². The molecule has 0 atom stereocenters. The molecule has 0 amide bonds. The number of aryl methyl sites for hydroxylation is 2. The first-order chi connectivity index (χ1) is 10.0. The summed E-state index contributed by atoms with van der Waals surface area (Å²) in [4.78, 5) is 0. The Hall–Kier alpha value is -2.08. The molecular weight excluding hydrogens is 330 g/mol. The molecule has 0 fully saturated rings. The van der Waals surface area contributed by atoms with E-state index < -0.39 is 0 Å². The molecule has 0 aliphatic rings. The van der Waals surface area contributed by atoms with Gasteiger partial charge in [-0.3, -0.25) is 9.36 Å². The van der Waals surface area contributed by atoms with Gasteiger partial charge in [0.1, 0.15) is 5.69 Å². The lowest BCUT2D eigenvalue weighted by Gasteiger charge is -2.02. The van der Waals surface area contributed by atoms with Gasteiger partial charge in [0.15, 0.2) is 0 Å². The molecule has 0 bridgehead atoms. The Labute approximate surface area is 131 Å². The molecule has 3 rings (SSSR count). The number of hydrogen-bond acceptors (Lipinski definition) is 3. The Morgan fingerprint density at radius 2 is 2.05 bits per heavy atom. The van der Waals surface area contributed by atoms with Crippen LogP contribution in [0.3, 0.4) is 0 Å². The fourth-order valence-electron chi connectivity index (χ4n) is 2.38. The van der Waals surface area contributed by atoms with E-state index in [0.29, 0.717) is 12.2 Å². The molecule has 1 aromatic carbocycles. The molecule has 0 aliphatic heterocycles. The van der Waals surface area contributed by atoms with Crippen molar-refractivity contribution < 1.29 is 0 Å². The Balaban J connectivity index is 1.93. The van der Waals surface area contributed by atoms with E-state index in [2.05, 4.69) is 38.3 Å². The summed E-state index contributed by atoms with van der Waals surface area (Å²) in [6.07, 6.45) is 3.81. The number of nitrogens with zero attached hydrogens (tertiary/aromatic N) is 4. The first-order valence-electron chi connectivity index (χ1n) is 6.61. The van der Waals surface area contributed by atoms with Crippen molar-refractivity contribution in [2.24, 2.45) is 7.05 Å². The zero-order valence-electron chi connectivity index (χ0n) is 11.9. The number of rotatable bonds is 3. The average molecular weight is 346 g/mol. The minimum Gasteiger partial charge on any atom is -0.396 e. The number of anilines is 1. The Morgan fingerprint density at radius 1 is 1.24 bits per heavy atom. The lowest BCUT2D eigenvalue weighted by atomic mass is 10.2. The molecule has 0 spiro atoms. The number of halogens is 1. The van der Waals surface area contributed by atoms with Crippen molar-refractivity contribution in [1.82, 2.24) is 19.6 Å². The molecule has 21 heavy (non-hydrogen) atoms. The summed E-state index contributed by atoms with van der Waals surface area (Å²) in [5.74, 6) is 0. The van der Waals surface area contributed by atoms with Crippen LogP contribution in [0.1, 0.15) is 11.3 Å². The summed E-state index contributed by atoms with van der Waals surface area (Å²) in [5, 5.41) is 8.94. The SMILES string of the molecule is Cc1nn(C)cc1-c1nn(Cc2cccc(Br)c2)cc1N. The van der Waals surface area contributed by atoms with E-state index in [1.165, 1.54) is 5.56 Å². The van der Waals surface area contributed by atoms with E-state index in [4.69, 9.17) is 5.73 Å². The van der Waals surface area contributed by atoms with Gasteiger partial charge < -0.3 is 5.73 Å². The van der Waals surface area contributed by atoms with Gasteiger partial charge in [0.05, 0.1) is 17.9 Å². The Morgan fingerprint density at radius 3 is 2.71 bits per heavy atom. The predicted octanol–water partition coefficient (Wildman–Crippen LogP) is 2.99. The maximum Gasteiger partial charge on any atom is 0.119 e. The number of benzene rings is 1. The van der Waals surface area contributed by atoms with E-state index in [0.717, 1.165) is 21.4 Å². The third-order valence-electron chi connectivity index (χ3n) is 3.29. The highest BCUT2D eigenvalue weighted by molar-refractivity contribution is 9.10. The van der Waals surface area contributed by atoms with Crippen molar-refractivity contribution in [3.63, 3.8) is 0 Å². The Kier molecular flexibility index (Phi) is 3.55. The molecule has 0 saturated heterocycles. The molecule has 2 heterocycles. The maximum absolute atomic E-state index is 6.11. The zero-order chi connectivity index (χ0) is 15.0. The topological polar surface area (TPSA) is 61.7 Å². The fraction of sp³-hybridized carbons (Fsp3) is 0.200. The van der Waals surface area contributed by atoms with Gasteiger partial charge in [0.25, 0.3) is 0 Å². The molecule has 0 aliphatic carbocycles. The van der Waals surface area contributed by atoms with Crippen molar-refractivity contribution >= 4 is 21.6 Å². The molecule has 108 valence electrons. The van der Waals surface area contributed by atoms with Crippen molar-refractivity contribution in [1.29, 1.82) is 0 Å². The first-order valence-corrected chi connectivity index (χ1v) is 7.40. The number of nitrogen functional groups attached to an aromatic ring is 1. The van der Waals surface area contributed by atoms with Crippen molar-refractivity contribution in [2.75, 3.05) is 5.73 Å². The lowest BCUT2D eigenvalue weighted by Crippen LogP contribution is -2.00. The minimum atomic E-state index is 0.668. The largest absolute Gasteiger partial charge is 0.396 e. The number of hydrogen-bond donors (Lipinski definition) is 1. The van der Waals surface area contributed by atoms with Crippen molar-refractivity contribution in [3.05, 3.63) is 52.4 Å². The van der Waals surface area contributed by atoms with Gasteiger partial charge in [0.2, 0.25) is 0 Å². The van der Waals surface area contributed by atoms with Crippen LogP contribution in [0.2, 0.25) is 0 Å². The summed E-state index contributed by atoms with van der Waals surface area (Å²) in [6.45, 7) is 2.64. The highest BCUT2D eigenvalue weighted by Crippen LogP contribution is 2.26. The summed E-state index contributed by atoms with van der Waals surface area (Å²) >= 11 is 3.48. The van der Waals surface area contributed by atoms with Crippen LogP contribution < -0.4 is 5.73 Å². The number of aromatic nitrogens is 4. The second-order valence-electron chi connectivity index (χ2n) is 5.06. The van der Waals surface area contributed by atoms with E-state index in [9.17, 15) is 0 Å². The first kappa shape index (κ1) is 13.9. The van der Waals surface area contributed by atoms with Crippen LogP contribution >= 0.6 is 15.9 Å². The van der Waals surface area contributed by atoms with Crippen LogP contribution in [0.5, 0.6) is 0 Å². The van der Waals surface area contributed by atoms with Gasteiger partial charge in [-0.05, 0) is 24.6 Å². The highest BCUT2D eigenvalue weighted by atomic mass is 79.9. The van der Waals surface area contributed by atoms with Crippen LogP contribution in [0.25, 0.3) is 11.3 Å². The average Bonchev–Trinajstić information content (AvgIpc) is 2.92. The summed E-state index contributed by atoms with van der Waals surface area (Å²) < 4.78 is 4.69. The quantitative estimate of drug-likeness (QED) is 0.793. The minimum absolute atomic E-state index is 0.668. The van der Waals surface area contributed by atoms with Gasteiger partial charge in [-0.25, -0.2) is 0 Å². The molecule has 0 radical (unpaired) electrons. The predicted molar refractivity (Wildman–Crippen MR) is 86.8 cm³/mol. The molecule has 2 N–H and O–H groups in total. The van der Waals surface area contributed by atoms with Crippen LogP contribution in [0.15, 0.2) is 41.1 Å². The Bertz CT molecular complexity index is 787. The normalized spacial score (nSPS) is 11.0. The zero-order valence-corrected chi connectivity index (χ0v) is 13.5. The summed E-state index contributed by atoms with van der Waals surface area (Å²) in [7, 11) is 1.89. The summed E-state index contributed by atoms with van der Waals surface area (Å²) in [6, 6.07) is 8.16. The third kappa shape index (κ3) is 2.85. The molecule has 0 unspecified atom stereocenters. The van der Waals surface area contributed by atoms with Crippen molar-refractivity contribution in [3.8, 4) is 11.3 Å². The van der Waals surface area contributed by atoms with Crippen LogP contribution in [0, 0.1) is 6.92 Å². The van der Waals surface area contributed by atoms with Crippen LogP contribution in [-0.2, 0) is 13.6 Å². The van der Waals surface area contributed by atoms with Gasteiger partial charge in [-0.2, -0.15) is 10.2 Å². The second-order valence-corrected chi connectivity index (χ2v) is 5.98. The second kappa shape index (κ2) is 5.37. The smallest absolute Gasteiger partial charge is 0.119 e. The van der Waals surface area contributed by atoms with E-state index >= 15 is 0 Å². The van der Waals surface area contributed by atoms with Gasteiger partial charge in [0, 0.05) is 29.5 Å².